The summed E-state index contributed by atoms with van der Waals surface area (Å²) in [6.07, 6.45) is 1.59. The number of hydrogen-bond donors (Lipinski definition) is 2. The van der Waals surface area contributed by atoms with Crippen LogP contribution in [0.15, 0.2) is 11.0 Å². The third-order valence-corrected chi connectivity index (χ3v) is 2.33. The lowest BCUT2D eigenvalue weighted by atomic mass is 10.1. The van der Waals surface area contributed by atoms with Gasteiger partial charge in [0.1, 0.15) is 5.82 Å². The first kappa shape index (κ1) is 14.8. The largest absolute Gasteiger partial charge is 0.382 e. The maximum absolute atomic E-state index is 11.7. The Balaban J connectivity index is 3.09. The molecule has 1 heterocycles. The molecule has 6 nitrogen and oxygen atoms in total. The number of nitrogen functional groups attached to an aromatic ring is 1. The molecule has 0 aliphatic heterocycles. The second kappa shape index (κ2) is 5.57. The molecule has 0 spiro atoms. The van der Waals surface area contributed by atoms with Crippen LogP contribution in [0.5, 0.6) is 0 Å². The number of anilines is 1. The van der Waals surface area contributed by atoms with Crippen LogP contribution in [0.2, 0.25) is 0 Å². The van der Waals surface area contributed by atoms with Crippen molar-refractivity contribution >= 4 is 11.7 Å². The van der Waals surface area contributed by atoms with E-state index in [1.807, 2.05) is 20.8 Å². The molecule has 0 fully saturated rings. The minimum Gasteiger partial charge on any atom is -0.382 e. The zero-order valence-corrected chi connectivity index (χ0v) is 11.6. The Morgan fingerprint density at radius 1 is 1.53 bits per heavy atom. The Hall–Kier alpha value is -2.29. The average Bonchev–Trinajstić information content (AvgIpc) is 2.24. The van der Waals surface area contributed by atoms with Crippen LogP contribution in [0.1, 0.15) is 33.3 Å². The van der Waals surface area contributed by atoms with Crippen LogP contribution in [-0.2, 0) is 10.3 Å². The lowest BCUT2D eigenvalue weighted by molar-refractivity contribution is -0.118. The molecule has 0 aromatic carbocycles. The fourth-order valence-electron chi connectivity index (χ4n) is 1.35. The van der Waals surface area contributed by atoms with E-state index in [0.29, 0.717) is 5.56 Å². The SMILES string of the molecule is CC(=O)NCC#Cc1cn(C(C)(C)C)c(=O)nc1N. The van der Waals surface area contributed by atoms with Crippen molar-refractivity contribution in [2.75, 3.05) is 12.3 Å². The van der Waals surface area contributed by atoms with E-state index < -0.39 is 11.2 Å². The lowest BCUT2D eigenvalue weighted by Gasteiger charge is -2.21. The number of carbonyl (C=O) groups excluding carboxylic acids is 1. The van der Waals surface area contributed by atoms with Gasteiger partial charge in [-0.2, -0.15) is 4.98 Å². The Morgan fingerprint density at radius 3 is 2.68 bits per heavy atom. The minimum absolute atomic E-state index is 0.0980. The molecule has 0 bridgehead atoms. The van der Waals surface area contributed by atoms with Gasteiger partial charge < -0.3 is 11.1 Å². The van der Waals surface area contributed by atoms with E-state index in [1.54, 1.807) is 6.20 Å². The monoisotopic (exact) mass is 262 g/mol. The number of carbonyl (C=O) groups is 1. The van der Waals surface area contributed by atoms with Gasteiger partial charge >= 0.3 is 5.69 Å². The smallest absolute Gasteiger partial charge is 0.350 e. The summed E-state index contributed by atoms with van der Waals surface area (Å²) in [5.74, 6) is 5.50. The van der Waals surface area contributed by atoms with Gasteiger partial charge in [-0.3, -0.25) is 9.36 Å². The maximum atomic E-state index is 11.7. The standard InChI is InChI=1S/C13H18N4O2/c1-9(18)15-7-5-6-10-8-17(13(2,3)4)12(19)16-11(10)14/h8H,7H2,1-4H3,(H,15,18)(H2,14,16,19). The first-order valence-electron chi connectivity index (χ1n) is 5.85. The molecule has 0 aliphatic carbocycles. The summed E-state index contributed by atoms with van der Waals surface area (Å²) >= 11 is 0. The zero-order chi connectivity index (χ0) is 14.6. The molecule has 19 heavy (non-hydrogen) atoms. The molecule has 0 radical (unpaired) electrons. The third-order valence-electron chi connectivity index (χ3n) is 2.33. The van der Waals surface area contributed by atoms with Crippen molar-refractivity contribution in [2.45, 2.75) is 33.2 Å². The average molecular weight is 262 g/mol. The van der Waals surface area contributed by atoms with Crippen molar-refractivity contribution in [3.63, 3.8) is 0 Å². The number of rotatable bonds is 1. The molecule has 1 amide bonds. The van der Waals surface area contributed by atoms with Crippen molar-refractivity contribution in [1.29, 1.82) is 0 Å². The zero-order valence-electron chi connectivity index (χ0n) is 11.6. The summed E-state index contributed by atoms with van der Waals surface area (Å²) in [6.45, 7) is 7.31. The first-order chi connectivity index (χ1) is 8.71. The number of nitrogens with zero attached hydrogens (tertiary/aromatic N) is 2. The summed E-state index contributed by atoms with van der Waals surface area (Å²) in [7, 11) is 0. The highest BCUT2D eigenvalue weighted by atomic mass is 16.1. The molecular formula is C13H18N4O2. The van der Waals surface area contributed by atoms with Crippen LogP contribution in [0.3, 0.4) is 0 Å². The second-order valence-electron chi connectivity index (χ2n) is 5.07. The summed E-state index contributed by atoms with van der Waals surface area (Å²) < 4.78 is 1.48. The molecule has 0 saturated heterocycles. The Morgan fingerprint density at radius 2 is 2.16 bits per heavy atom. The van der Waals surface area contributed by atoms with Crippen molar-refractivity contribution in [1.82, 2.24) is 14.9 Å². The molecular weight excluding hydrogens is 244 g/mol. The molecule has 3 N–H and O–H groups in total. The summed E-state index contributed by atoms with van der Waals surface area (Å²) in [6, 6.07) is 0. The Kier molecular flexibility index (Phi) is 4.33. The van der Waals surface area contributed by atoms with Gasteiger partial charge in [0.2, 0.25) is 5.91 Å². The van der Waals surface area contributed by atoms with E-state index in [2.05, 4.69) is 22.1 Å². The van der Waals surface area contributed by atoms with Gasteiger partial charge in [-0.1, -0.05) is 11.8 Å². The number of hydrogen-bond acceptors (Lipinski definition) is 4. The highest BCUT2D eigenvalue weighted by Crippen LogP contribution is 2.12. The van der Waals surface area contributed by atoms with Crippen LogP contribution in [-0.4, -0.2) is 22.0 Å². The third kappa shape index (κ3) is 4.14. The van der Waals surface area contributed by atoms with Gasteiger partial charge in [0.15, 0.2) is 0 Å². The lowest BCUT2D eigenvalue weighted by Crippen LogP contribution is -2.35. The normalized spacial score (nSPS) is 10.5. The van der Waals surface area contributed by atoms with Gasteiger partial charge in [0, 0.05) is 18.7 Å². The van der Waals surface area contributed by atoms with Crippen LogP contribution in [0.4, 0.5) is 5.82 Å². The van der Waals surface area contributed by atoms with Crippen molar-refractivity contribution < 1.29 is 4.79 Å². The quantitative estimate of drug-likeness (QED) is 0.701. The topological polar surface area (TPSA) is 90.0 Å². The minimum atomic E-state index is -0.405. The second-order valence-corrected chi connectivity index (χ2v) is 5.07. The van der Waals surface area contributed by atoms with Gasteiger partial charge in [-0.25, -0.2) is 4.79 Å². The van der Waals surface area contributed by atoms with E-state index in [9.17, 15) is 9.59 Å². The molecule has 0 aliphatic rings. The Bertz CT molecular complexity index is 600. The van der Waals surface area contributed by atoms with Gasteiger partial charge in [0.25, 0.3) is 0 Å². The van der Waals surface area contributed by atoms with Gasteiger partial charge in [0.05, 0.1) is 12.1 Å². The summed E-state index contributed by atoms with van der Waals surface area (Å²) in [5, 5.41) is 2.55. The van der Waals surface area contributed by atoms with Crippen LogP contribution in [0.25, 0.3) is 0 Å². The molecule has 1 rings (SSSR count). The molecule has 6 heteroatoms. The fourth-order valence-corrected chi connectivity index (χ4v) is 1.35. The van der Waals surface area contributed by atoms with Crippen molar-refractivity contribution in [2.24, 2.45) is 0 Å². The number of aromatic nitrogens is 2. The molecule has 102 valence electrons. The predicted octanol–water partition coefficient (Wildman–Crippen LogP) is 0.0681. The van der Waals surface area contributed by atoms with Crippen molar-refractivity contribution in [3.8, 4) is 11.8 Å². The molecule has 1 aromatic rings. The molecule has 1 aromatic heterocycles. The highest BCUT2D eigenvalue weighted by molar-refractivity contribution is 5.73. The molecule has 0 atom stereocenters. The van der Waals surface area contributed by atoms with Crippen LogP contribution in [0, 0.1) is 11.8 Å². The fraction of sp³-hybridized carbons (Fsp3) is 0.462. The molecule has 0 unspecified atom stereocenters. The van der Waals surface area contributed by atoms with Gasteiger partial charge in [-0.15, -0.1) is 0 Å². The van der Waals surface area contributed by atoms with Crippen LogP contribution >= 0.6 is 0 Å². The van der Waals surface area contributed by atoms with Crippen LogP contribution < -0.4 is 16.7 Å². The number of nitrogens with two attached hydrogens (primary N) is 1. The van der Waals surface area contributed by atoms with E-state index in [0.717, 1.165) is 0 Å². The number of nitrogens with one attached hydrogen (secondary N) is 1. The van der Waals surface area contributed by atoms with Crippen molar-refractivity contribution in [3.05, 3.63) is 22.2 Å². The molecule has 0 saturated carbocycles. The van der Waals surface area contributed by atoms with E-state index in [-0.39, 0.29) is 18.3 Å². The van der Waals surface area contributed by atoms with E-state index >= 15 is 0 Å². The maximum Gasteiger partial charge on any atom is 0.350 e. The number of amides is 1. The highest BCUT2D eigenvalue weighted by Gasteiger charge is 2.16. The summed E-state index contributed by atoms with van der Waals surface area (Å²) in [4.78, 5) is 26.2. The van der Waals surface area contributed by atoms with E-state index in [1.165, 1.54) is 11.5 Å². The Labute approximate surface area is 112 Å². The van der Waals surface area contributed by atoms with E-state index in [4.69, 9.17) is 5.73 Å². The first-order valence-corrected chi connectivity index (χ1v) is 5.85. The predicted molar refractivity (Wildman–Crippen MR) is 73.5 cm³/mol. The summed E-state index contributed by atoms with van der Waals surface area (Å²) in [5.41, 5.74) is 5.33. The van der Waals surface area contributed by atoms with Gasteiger partial charge in [-0.05, 0) is 20.8 Å².